The fourth-order valence-corrected chi connectivity index (χ4v) is 4.40. The summed E-state index contributed by atoms with van der Waals surface area (Å²) in [5.74, 6) is 1.60. The lowest BCUT2D eigenvalue weighted by molar-refractivity contribution is 0.0746. The third kappa shape index (κ3) is 5.01. The van der Waals surface area contributed by atoms with E-state index in [1.165, 1.54) is 20.3 Å². The van der Waals surface area contributed by atoms with Gasteiger partial charge >= 0.3 is 0 Å². The van der Waals surface area contributed by atoms with Crippen LogP contribution in [0.3, 0.4) is 0 Å². The molecular weight excluding hydrogens is 486 g/mol. The minimum absolute atomic E-state index is 0.0366. The van der Waals surface area contributed by atoms with E-state index < -0.39 is 5.56 Å². The van der Waals surface area contributed by atoms with Crippen molar-refractivity contribution in [1.29, 1.82) is 0 Å². The predicted molar refractivity (Wildman–Crippen MR) is 145 cm³/mol. The van der Waals surface area contributed by atoms with Crippen LogP contribution in [-0.4, -0.2) is 71.3 Å². The Balaban J connectivity index is 1.34. The number of benzene rings is 2. The molecule has 38 heavy (non-hydrogen) atoms. The minimum atomic E-state index is -0.488. The Kier molecular flexibility index (Phi) is 6.94. The second-order valence-electron chi connectivity index (χ2n) is 8.75. The molecule has 1 fully saturated rings. The molecule has 5 rings (SSSR count). The van der Waals surface area contributed by atoms with Gasteiger partial charge in [0.1, 0.15) is 17.3 Å². The Bertz CT molecular complexity index is 1560. The van der Waals surface area contributed by atoms with E-state index in [0.29, 0.717) is 59.8 Å². The normalized spacial score (nSPS) is 14.0. The lowest BCUT2D eigenvalue weighted by Gasteiger charge is -2.35. The first kappa shape index (κ1) is 24.8. The molecule has 0 atom stereocenters. The number of carbonyl (C=O) groups is 1. The number of aliphatic hydroxyl groups excluding tert-OH is 1. The number of pyridine rings is 1. The number of piperazine rings is 1. The Labute approximate surface area is 218 Å². The molecule has 10 nitrogen and oxygen atoms in total. The number of anilines is 1. The molecule has 4 aromatic rings. The Hall–Kier alpha value is -4.86. The fraction of sp³-hybridized carbons (Fsp3) is 0.214. The molecule has 1 aliphatic rings. The summed E-state index contributed by atoms with van der Waals surface area (Å²) in [4.78, 5) is 41.4. The van der Waals surface area contributed by atoms with Crippen LogP contribution in [0, 0.1) is 0 Å². The van der Waals surface area contributed by atoms with Crippen molar-refractivity contribution in [3.05, 3.63) is 88.0 Å². The monoisotopic (exact) mass is 513 g/mol. The van der Waals surface area contributed by atoms with Crippen LogP contribution in [0.15, 0.2) is 65.6 Å². The number of nitrogens with one attached hydrogen (secondary N) is 1. The summed E-state index contributed by atoms with van der Waals surface area (Å²) in [5.41, 5.74) is 1.39. The van der Waals surface area contributed by atoms with Crippen molar-refractivity contribution in [2.24, 2.45) is 0 Å². The summed E-state index contributed by atoms with van der Waals surface area (Å²) in [6, 6.07) is 15.7. The highest BCUT2D eigenvalue weighted by Gasteiger charge is 2.23. The first-order valence-corrected chi connectivity index (χ1v) is 12.1. The van der Waals surface area contributed by atoms with Crippen molar-refractivity contribution in [3.8, 4) is 11.5 Å². The van der Waals surface area contributed by atoms with Gasteiger partial charge in [-0.25, -0.2) is 9.97 Å². The zero-order chi connectivity index (χ0) is 26.6. The van der Waals surface area contributed by atoms with E-state index >= 15 is 0 Å². The second-order valence-corrected chi connectivity index (χ2v) is 8.75. The molecule has 2 aromatic heterocycles. The number of hydrogen-bond donors (Lipinski definition) is 2. The average Bonchev–Trinajstić information content (AvgIpc) is 2.97. The highest BCUT2D eigenvalue weighted by molar-refractivity contribution is 5.97. The lowest BCUT2D eigenvalue weighted by atomic mass is 10.1. The molecule has 0 spiro atoms. The SMILES string of the molecule is COc1ccc(/C(O)=C/c2nc3ccc(C(=O)N4CCN(c5ccccn5)CC4)cc3[nH]c2=O)cc1OC. The zero-order valence-corrected chi connectivity index (χ0v) is 21.0. The topological polar surface area (TPSA) is 121 Å². The minimum Gasteiger partial charge on any atom is -0.507 e. The summed E-state index contributed by atoms with van der Waals surface area (Å²) in [7, 11) is 3.02. The Morgan fingerprint density at radius 2 is 1.74 bits per heavy atom. The highest BCUT2D eigenvalue weighted by Crippen LogP contribution is 2.30. The maximum absolute atomic E-state index is 13.2. The zero-order valence-electron chi connectivity index (χ0n) is 21.0. The van der Waals surface area contributed by atoms with Gasteiger partial charge in [0.25, 0.3) is 11.5 Å². The number of amides is 1. The van der Waals surface area contributed by atoms with Crippen LogP contribution in [-0.2, 0) is 0 Å². The van der Waals surface area contributed by atoms with Crippen molar-refractivity contribution in [2.75, 3.05) is 45.3 Å². The van der Waals surface area contributed by atoms with Gasteiger partial charge in [-0.1, -0.05) is 6.07 Å². The molecule has 2 aromatic carbocycles. The van der Waals surface area contributed by atoms with E-state index in [0.717, 1.165) is 5.82 Å². The maximum atomic E-state index is 13.2. The summed E-state index contributed by atoms with van der Waals surface area (Å²) in [6.07, 6.45) is 3.05. The Morgan fingerprint density at radius 3 is 2.45 bits per heavy atom. The molecule has 10 heteroatoms. The van der Waals surface area contributed by atoms with E-state index in [4.69, 9.17) is 9.47 Å². The number of aliphatic hydroxyl groups is 1. The number of nitrogens with zero attached hydrogens (tertiary/aromatic N) is 4. The van der Waals surface area contributed by atoms with E-state index in [9.17, 15) is 14.7 Å². The van der Waals surface area contributed by atoms with Crippen LogP contribution in [0.2, 0.25) is 0 Å². The number of H-pyrrole nitrogens is 1. The first-order chi connectivity index (χ1) is 18.5. The number of fused-ring (bicyclic) bond motifs is 1. The smallest absolute Gasteiger partial charge is 0.274 e. The van der Waals surface area contributed by atoms with Crippen molar-refractivity contribution in [1.82, 2.24) is 19.9 Å². The molecule has 1 saturated heterocycles. The third-order valence-electron chi connectivity index (χ3n) is 6.46. The average molecular weight is 514 g/mol. The molecule has 0 aliphatic carbocycles. The first-order valence-electron chi connectivity index (χ1n) is 12.1. The predicted octanol–water partition coefficient (Wildman–Crippen LogP) is 3.35. The van der Waals surface area contributed by atoms with Crippen LogP contribution in [0.4, 0.5) is 5.82 Å². The largest absolute Gasteiger partial charge is 0.507 e. The summed E-state index contributed by atoms with van der Waals surface area (Å²) in [5, 5.41) is 10.6. The van der Waals surface area contributed by atoms with Gasteiger partial charge < -0.3 is 29.4 Å². The van der Waals surface area contributed by atoms with Gasteiger partial charge in [0.15, 0.2) is 11.5 Å². The van der Waals surface area contributed by atoms with Gasteiger partial charge in [-0.2, -0.15) is 0 Å². The lowest BCUT2D eigenvalue weighted by Crippen LogP contribution is -2.49. The molecule has 2 N–H and O–H groups in total. The number of ether oxygens (including phenoxy) is 2. The van der Waals surface area contributed by atoms with Gasteiger partial charge in [-0.05, 0) is 48.5 Å². The molecule has 194 valence electrons. The second kappa shape index (κ2) is 10.6. The number of hydrogen-bond acceptors (Lipinski definition) is 8. The van der Waals surface area contributed by atoms with Crippen LogP contribution in [0.1, 0.15) is 21.6 Å². The van der Waals surface area contributed by atoms with Gasteiger partial charge in [-0.15, -0.1) is 0 Å². The molecule has 1 aliphatic heterocycles. The quantitative estimate of drug-likeness (QED) is 0.377. The van der Waals surface area contributed by atoms with E-state index in [2.05, 4.69) is 19.9 Å². The third-order valence-corrected chi connectivity index (χ3v) is 6.46. The molecule has 0 unspecified atom stereocenters. The molecular formula is C28H27N5O5. The van der Waals surface area contributed by atoms with E-state index in [-0.39, 0.29) is 17.4 Å². The van der Waals surface area contributed by atoms with E-state index in [1.807, 2.05) is 18.2 Å². The van der Waals surface area contributed by atoms with Crippen molar-refractivity contribution >= 4 is 34.6 Å². The summed E-state index contributed by atoms with van der Waals surface area (Å²) in [6.45, 7) is 2.52. The number of aromatic nitrogens is 3. The fourth-order valence-electron chi connectivity index (χ4n) is 4.40. The molecule has 0 saturated carbocycles. The molecule has 1 amide bonds. The number of rotatable bonds is 6. The van der Waals surface area contributed by atoms with Crippen LogP contribution in [0.25, 0.3) is 22.9 Å². The van der Waals surface area contributed by atoms with Crippen molar-refractivity contribution in [3.63, 3.8) is 0 Å². The van der Waals surface area contributed by atoms with Gasteiger partial charge in [0.2, 0.25) is 0 Å². The van der Waals surface area contributed by atoms with E-state index in [1.54, 1.807) is 47.5 Å². The van der Waals surface area contributed by atoms with Gasteiger partial charge in [-0.3, -0.25) is 9.59 Å². The van der Waals surface area contributed by atoms with Gasteiger partial charge in [0, 0.05) is 49.6 Å². The standard InChI is InChI=1S/C28H27N5O5/c1-37-24-9-7-18(16-25(24)38-2)23(34)17-22-27(35)31-21-15-19(6-8-20(21)30-22)28(36)33-13-11-32(12-14-33)26-5-3-4-10-29-26/h3-10,15-17,34H,11-14H2,1-2H3,(H,31,35)/b23-17-. The number of methoxy groups -OCH3 is 2. The van der Waals surface area contributed by atoms with Crippen molar-refractivity contribution in [2.45, 2.75) is 0 Å². The highest BCUT2D eigenvalue weighted by atomic mass is 16.5. The summed E-state index contributed by atoms with van der Waals surface area (Å²) < 4.78 is 10.5. The molecule has 3 heterocycles. The number of aromatic amines is 1. The van der Waals surface area contributed by atoms with Crippen molar-refractivity contribution < 1.29 is 19.4 Å². The van der Waals surface area contributed by atoms with Crippen LogP contribution < -0.4 is 19.9 Å². The summed E-state index contributed by atoms with van der Waals surface area (Å²) >= 11 is 0. The van der Waals surface area contributed by atoms with Crippen LogP contribution >= 0.6 is 0 Å². The van der Waals surface area contributed by atoms with Crippen LogP contribution in [0.5, 0.6) is 11.5 Å². The maximum Gasteiger partial charge on any atom is 0.274 e. The number of carbonyl (C=O) groups excluding carboxylic acids is 1. The van der Waals surface area contributed by atoms with Gasteiger partial charge in [0.05, 0.1) is 25.3 Å². The Morgan fingerprint density at radius 1 is 0.974 bits per heavy atom. The molecule has 0 bridgehead atoms. The molecule has 0 radical (unpaired) electrons.